The minimum atomic E-state index is -0.681. The number of ether oxygens (including phenoxy) is 1. The summed E-state index contributed by atoms with van der Waals surface area (Å²) in [6, 6.07) is 22.3. The molecule has 0 bridgehead atoms. The van der Waals surface area contributed by atoms with E-state index in [0.29, 0.717) is 12.3 Å². The van der Waals surface area contributed by atoms with E-state index in [0.717, 1.165) is 64.6 Å². The van der Waals surface area contributed by atoms with Crippen molar-refractivity contribution >= 4 is 22.7 Å². The molecule has 0 aliphatic heterocycles. The van der Waals surface area contributed by atoms with Gasteiger partial charge < -0.3 is 9.84 Å². The molecule has 1 heterocycles. The van der Waals surface area contributed by atoms with Crippen molar-refractivity contribution in [1.29, 1.82) is 0 Å². The van der Waals surface area contributed by atoms with Gasteiger partial charge in [-0.3, -0.25) is 14.3 Å². The highest BCUT2D eigenvalue weighted by molar-refractivity contribution is 6.07. The van der Waals surface area contributed by atoms with Crippen LogP contribution in [0.3, 0.4) is 0 Å². The molecule has 3 aromatic carbocycles. The minimum Gasteiger partial charge on any atom is -0.497 e. The number of methoxy groups -OCH3 is 1. The first-order valence-electron chi connectivity index (χ1n) is 13.3. The molecule has 2 aliphatic carbocycles. The van der Waals surface area contributed by atoms with Crippen LogP contribution in [-0.2, 0) is 4.79 Å². The Morgan fingerprint density at radius 2 is 1.76 bits per heavy atom. The van der Waals surface area contributed by atoms with Crippen molar-refractivity contribution in [2.45, 2.75) is 45.1 Å². The van der Waals surface area contributed by atoms with Crippen LogP contribution in [0.15, 0.2) is 72.9 Å². The topological polar surface area (TPSA) is 81.4 Å². The fourth-order valence-corrected chi connectivity index (χ4v) is 6.69. The van der Waals surface area contributed by atoms with Crippen LogP contribution in [0.2, 0.25) is 0 Å². The maximum Gasteiger partial charge on any atom is 0.306 e. The van der Waals surface area contributed by atoms with Crippen LogP contribution < -0.4 is 4.74 Å². The fraction of sp³-hybridized carbons (Fsp3) is 0.344. The van der Waals surface area contributed by atoms with Gasteiger partial charge in [0, 0.05) is 17.4 Å². The Bertz CT molecular complexity index is 1510. The lowest BCUT2D eigenvalue weighted by Crippen LogP contribution is -2.50. The van der Waals surface area contributed by atoms with Gasteiger partial charge in [-0.05, 0) is 78.8 Å². The summed E-state index contributed by atoms with van der Waals surface area (Å²) in [6.07, 6.45) is 5.81. The third-order valence-electron chi connectivity index (χ3n) is 8.71. The van der Waals surface area contributed by atoms with Gasteiger partial charge in [0.1, 0.15) is 5.75 Å². The summed E-state index contributed by atoms with van der Waals surface area (Å²) < 4.78 is 7.33. The van der Waals surface area contributed by atoms with Crippen molar-refractivity contribution in [2.24, 2.45) is 17.3 Å². The van der Waals surface area contributed by atoms with Crippen molar-refractivity contribution in [3.63, 3.8) is 0 Å². The number of carboxylic acids is 1. The average Bonchev–Trinajstić information content (AvgIpc) is 3.33. The smallest absolute Gasteiger partial charge is 0.306 e. The van der Waals surface area contributed by atoms with Gasteiger partial charge in [-0.1, -0.05) is 48.5 Å². The van der Waals surface area contributed by atoms with Crippen molar-refractivity contribution in [1.82, 2.24) is 9.78 Å². The molecule has 1 spiro atoms. The molecule has 0 saturated heterocycles. The normalized spacial score (nSPS) is 23.0. The van der Waals surface area contributed by atoms with E-state index in [1.54, 1.807) is 7.11 Å². The van der Waals surface area contributed by atoms with E-state index >= 15 is 0 Å². The van der Waals surface area contributed by atoms with Gasteiger partial charge in [-0.15, -0.1) is 0 Å². The maximum atomic E-state index is 13.5. The van der Waals surface area contributed by atoms with Gasteiger partial charge in [0.05, 0.1) is 30.8 Å². The highest BCUT2D eigenvalue weighted by Crippen LogP contribution is 2.62. The fourth-order valence-electron chi connectivity index (χ4n) is 6.69. The summed E-state index contributed by atoms with van der Waals surface area (Å²) in [5.74, 6) is 0.437. The predicted octanol–water partition coefficient (Wildman–Crippen LogP) is 6.79. The van der Waals surface area contributed by atoms with Crippen LogP contribution in [0, 0.1) is 17.3 Å². The Morgan fingerprint density at radius 1 is 1.03 bits per heavy atom. The first-order valence-corrected chi connectivity index (χ1v) is 13.3. The number of benzene rings is 3. The molecule has 1 aromatic heterocycles. The van der Waals surface area contributed by atoms with Gasteiger partial charge in [-0.2, -0.15) is 5.10 Å². The largest absolute Gasteiger partial charge is 0.497 e. The molecule has 1 atom stereocenters. The summed E-state index contributed by atoms with van der Waals surface area (Å²) in [6.45, 7) is 2.11. The molecule has 2 fully saturated rings. The van der Waals surface area contributed by atoms with E-state index in [9.17, 15) is 14.7 Å². The highest BCUT2D eigenvalue weighted by Gasteiger charge is 2.54. The summed E-state index contributed by atoms with van der Waals surface area (Å²) >= 11 is 0. The van der Waals surface area contributed by atoms with Crippen molar-refractivity contribution in [2.75, 3.05) is 7.11 Å². The van der Waals surface area contributed by atoms with Crippen LogP contribution in [0.1, 0.15) is 61.0 Å². The zero-order chi connectivity index (χ0) is 26.4. The van der Waals surface area contributed by atoms with E-state index in [1.165, 1.54) is 0 Å². The number of nitrogens with zero attached hydrogens (tertiary/aromatic N) is 2. The van der Waals surface area contributed by atoms with E-state index in [4.69, 9.17) is 9.84 Å². The van der Waals surface area contributed by atoms with E-state index in [1.807, 2.05) is 47.3 Å². The summed E-state index contributed by atoms with van der Waals surface area (Å²) in [5.41, 5.74) is 5.10. The number of Topliss-reactive ketones (excluding diaryl/α,β-unsaturated/α-hetero) is 1. The molecule has 0 radical (unpaired) electrons. The van der Waals surface area contributed by atoms with E-state index in [-0.39, 0.29) is 23.2 Å². The number of aromatic nitrogens is 2. The Morgan fingerprint density at radius 3 is 2.47 bits per heavy atom. The molecule has 0 amide bonds. The molecule has 2 aliphatic rings. The molecule has 38 heavy (non-hydrogen) atoms. The molecule has 4 aromatic rings. The lowest BCUT2D eigenvalue weighted by molar-refractivity contribution is -0.157. The summed E-state index contributed by atoms with van der Waals surface area (Å²) in [7, 11) is 1.67. The average molecular weight is 509 g/mol. The lowest BCUT2D eigenvalue weighted by atomic mass is 9.47. The number of carbonyl (C=O) groups excluding carboxylic acids is 1. The van der Waals surface area contributed by atoms with Crippen molar-refractivity contribution in [3.05, 3.63) is 84.1 Å². The number of hydrogen-bond donors (Lipinski definition) is 1. The molecular weight excluding hydrogens is 476 g/mol. The van der Waals surface area contributed by atoms with Crippen LogP contribution in [0.4, 0.5) is 0 Å². The monoisotopic (exact) mass is 508 g/mol. The number of carboxylic acid groups (broad SMARTS) is 1. The van der Waals surface area contributed by atoms with Gasteiger partial charge in [0.2, 0.25) is 0 Å². The number of rotatable bonds is 8. The number of aliphatic carboxylic acids is 1. The van der Waals surface area contributed by atoms with Crippen LogP contribution >= 0.6 is 0 Å². The molecule has 6 rings (SSSR count). The predicted molar refractivity (Wildman–Crippen MR) is 146 cm³/mol. The zero-order valence-electron chi connectivity index (χ0n) is 21.8. The highest BCUT2D eigenvalue weighted by atomic mass is 16.5. The first-order chi connectivity index (χ1) is 18.4. The zero-order valence-corrected chi connectivity index (χ0v) is 21.8. The Balaban J connectivity index is 1.20. The number of para-hydroxylation sites is 1. The number of ketones is 1. The molecular formula is C32H32N2O4. The third-order valence-corrected chi connectivity index (χ3v) is 8.71. The number of fused-ring (bicyclic) bond motifs is 1. The quantitative estimate of drug-likeness (QED) is 0.265. The molecule has 1 N–H and O–H groups in total. The second kappa shape index (κ2) is 9.43. The van der Waals surface area contributed by atoms with Gasteiger partial charge in [0.25, 0.3) is 0 Å². The standard InChI is InChI=1S/C32H32N2O4/c1-20(22-9-11-23(12-10-22)24-5-3-7-27(14-24)38-2)34-30-25(19-33-34)6-4-8-28(30)29(35)13-21-15-32(16-21)17-26(18-32)31(36)37/h3-12,14,19-21,26H,13,15-18H2,1-2H3,(H,36,37). The molecule has 2 saturated carbocycles. The lowest BCUT2D eigenvalue weighted by Gasteiger charge is -2.56. The van der Waals surface area contributed by atoms with Crippen LogP contribution in [0.5, 0.6) is 5.75 Å². The minimum absolute atomic E-state index is 0.0456. The van der Waals surface area contributed by atoms with E-state index in [2.05, 4.69) is 37.3 Å². The molecule has 194 valence electrons. The molecule has 6 heteroatoms. The molecule has 1 unspecified atom stereocenters. The van der Waals surface area contributed by atoms with Gasteiger partial charge >= 0.3 is 5.97 Å². The second-order valence-corrected chi connectivity index (χ2v) is 11.2. The Labute approximate surface area is 222 Å². The number of hydrogen-bond acceptors (Lipinski definition) is 4. The second-order valence-electron chi connectivity index (χ2n) is 11.2. The molecule has 6 nitrogen and oxygen atoms in total. The van der Waals surface area contributed by atoms with Gasteiger partial charge in [-0.25, -0.2) is 0 Å². The van der Waals surface area contributed by atoms with Crippen LogP contribution in [-0.4, -0.2) is 33.7 Å². The Kier molecular flexibility index (Phi) is 6.05. The van der Waals surface area contributed by atoms with Crippen molar-refractivity contribution < 1.29 is 19.4 Å². The summed E-state index contributed by atoms with van der Waals surface area (Å²) in [4.78, 5) is 24.6. The van der Waals surface area contributed by atoms with Crippen LogP contribution in [0.25, 0.3) is 22.0 Å². The van der Waals surface area contributed by atoms with Crippen molar-refractivity contribution in [3.8, 4) is 16.9 Å². The SMILES string of the molecule is COc1cccc(-c2ccc(C(C)n3ncc4cccc(C(=O)CC5CC6(C5)CC(C(=O)O)C6)c43)cc2)c1. The first kappa shape index (κ1) is 24.4. The Hall–Kier alpha value is -3.93. The third kappa shape index (κ3) is 4.28. The number of carbonyl (C=O) groups is 2. The van der Waals surface area contributed by atoms with Gasteiger partial charge in [0.15, 0.2) is 5.78 Å². The summed E-state index contributed by atoms with van der Waals surface area (Å²) in [5, 5.41) is 14.9. The van der Waals surface area contributed by atoms with E-state index < -0.39 is 5.97 Å². The maximum absolute atomic E-state index is 13.5.